The predicted octanol–water partition coefficient (Wildman–Crippen LogP) is 3.93. The summed E-state index contributed by atoms with van der Waals surface area (Å²) in [5, 5.41) is 3.38. The van der Waals surface area contributed by atoms with Gasteiger partial charge in [-0.05, 0) is 46.9 Å². The summed E-state index contributed by atoms with van der Waals surface area (Å²) in [6.07, 6.45) is 0.795. The van der Waals surface area contributed by atoms with Crippen LogP contribution in [0.2, 0.25) is 0 Å². The van der Waals surface area contributed by atoms with Gasteiger partial charge in [0.05, 0.1) is 12.1 Å². The topological polar surface area (TPSA) is 92.3 Å². The summed E-state index contributed by atoms with van der Waals surface area (Å²) in [6, 6.07) is 17.3. The van der Waals surface area contributed by atoms with E-state index in [0.717, 1.165) is 35.2 Å². The fourth-order valence-corrected chi connectivity index (χ4v) is 4.57. The van der Waals surface area contributed by atoms with Crippen molar-refractivity contribution in [2.45, 2.75) is 65.8 Å². The van der Waals surface area contributed by atoms with Crippen LogP contribution in [0, 0.1) is 0 Å². The van der Waals surface area contributed by atoms with Gasteiger partial charge in [0.15, 0.2) is 0 Å². The molecular formula is C28H31N3O5. The summed E-state index contributed by atoms with van der Waals surface area (Å²) >= 11 is 0. The minimum absolute atomic E-state index is 0.129. The molecular weight excluding hydrogens is 458 g/mol. The summed E-state index contributed by atoms with van der Waals surface area (Å²) in [5.74, 6) is -0.515. The van der Waals surface area contributed by atoms with E-state index in [1.165, 1.54) is 0 Å². The summed E-state index contributed by atoms with van der Waals surface area (Å²) in [5.41, 5.74) is -1.50. The molecule has 4 rings (SSSR count). The van der Waals surface area contributed by atoms with Crippen LogP contribution in [0.15, 0.2) is 69.0 Å². The van der Waals surface area contributed by atoms with Crippen LogP contribution in [0.4, 0.5) is 0 Å². The summed E-state index contributed by atoms with van der Waals surface area (Å²) in [4.78, 5) is 52.5. The van der Waals surface area contributed by atoms with Gasteiger partial charge in [-0.1, -0.05) is 69.3 Å². The van der Waals surface area contributed by atoms with Crippen LogP contribution >= 0.6 is 0 Å². The maximum Gasteiger partial charge on any atom is 0.339 e. The Hall–Kier alpha value is -3.94. The predicted molar refractivity (Wildman–Crippen MR) is 141 cm³/mol. The average Bonchev–Trinajstić information content (AvgIpc) is 2.89. The fourth-order valence-electron chi connectivity index (χ4n) is 4.57. The van der Waals surface area contributed by atoms with Crippen LogP contribution in [-0.2, 0) is 24.4 Å². The van der Waals surface area contributed by atoms with Gasteiger partial charge in [-0.2, -0.15) is 0 Å². The molecule has 1 atom stereocenters. The first-order valence-corrected chi connectivity index (χ1v) is 12.5. The molecule has 0 N–H and O–H groups in total. The van der Waals surface area contributed by atoms with E-state index in [9.17, 15) is 19.2 Å². The van der Waals surface area contributed by atoms with Crippen LogP contribution in [0.5, 0.6) is 0 Å². The quantitative estimate of drug-likeness (QED) is 0.262. The van der Waals surface area contributed by atoms with Gasteiger partial charge in [-0.25, -0.2) is 32.9 Å². The second kappa shape index (κ2) is 10.8. The Balaban J connectivity index is 1.75. The third-order valence-electron chi connectivity index (χ3n) is 6.37. The van der Waals surface area contributed by atoms with Crippen molar-refractivity contribution < 1.29 is 9.53 Å². The number of aromatic nitrogens is 3. The van der Waals surface area contributed by atoms with Crippen LogP contribution in [0.3, 0.4) is 0 Å². The highest BCUT2D eigenvalue weighted by Crippen LogP contribution is 2.29. The van der Waals surface area contributed by atoms with Gasteiger partial charge >= 0.3 is 23.0 Å². The number of esters is 1. The van der Waals surface area contributed by atoms with Gasteiger partial charge in [0.1, 0.15) is 6.10 Å². The van der Waals surface area contributed by atoms with Crippen LogP contribution in [-0.4, -0.2) is 25.8 Å². The van der Waals surface area contributed by atoms with Gasteiger partial charge in [0.25, 0.3) is 0 Å². The molecule has 0 aliphatic carbocycles. The van der Waals surface area contributed by atoms with E-state index in [1.54, 1.807) is 0 Å². The number of hydrogen-bond acceptors (Lipinski definition) is 5. The van der Waals surface area contributed by atoms with E-state index in [1.807, 2.05) is 75.4 Å². The molecule has 8 heteroatoms. The normalized spacial score (nSPS) is 12.2. The van der Waals surface area contributed by atoms with Crippen molar-refractivity contribution in [2.24, 2.45) is 0 Å². The molecule has 3 aromatic carbocycles. The molecule has 0 fully saturated rings. The fraction of sp³-hybridized carbons (Fsp3) is 0.357. The number of carbonyl (C=O) groups excluding carboxylic acids is 1. The Morgan fingerprint density at radius 3 is 1.69 bits per heavy atom. The Kier molecular flexibility index (Phi) is 7.52. The Labute approximate surface area is 208 Å². The van der Waals surface area contributed by atoms with Crippen molar-refractivity contribution in [3.8, 4) is 0 Å². The lowest BCUT2D eigenvalue weighted by atomic mass is 9.97. The molecule has 0 amide bonds. The second-order valence-corrected chi connectivity index (χ2v) is 8.89. The standard InChI is InChI=1S/C28H31N3O5/c1-4-15-29-26(33)30(16-5-2)28(35)31(27(29)34)18-21(6-3)36-25(32)24-22-13-9-7-11-19(22)17-20-12-8-10-14-23(20)24/h7-14,17,21H,4-6,15-16,18H2,1-3H3. The maximum atomic E-state index is 13.5. The number of rotatable bonds is 9. The van der Waals surface area contributed by atoms with Crippen LogP contribution in [0.25, 0.3) is 21.5 Å². The first-order valence-electron chi connectivity index (χ1n) is 12.5. The minimum Gasteiger partial charge on any atom is -0.457 e. The lowest BCUT2D eigenvalue weighted by molar-refractivity contribution is 0.0246. The van der Waals surface area contributed by atoms with Gasteiger partial charge in [-0.3, -0.25) is 0 Å². The third-order valence-corrected chi connectivity index (χ3v) is 6.37. The van der Waals surface area contributed by atoms with Crippen molar-refractivity contribution >= 4 is 27.5 Å². The number of hydrogen-bond donors (Lipinski definition) is 0. The molecule has 0 saturated heterocycles. The van der Waals surface area contributed by atoms with E-state index >= 15 is 0 Å². The number of benzene rings is 3. The highest BCUT2D eigenvalue weighted by molar-refractivity contribution is 6.16. The lowest BCUT2D eigenvalue weighted by Crippen LogP contribution is -2.55. The zero-order valence-electron chi connectivity index (χ0n) is 20.9. The van der Waals surface area contributed by atoms with Gasteiger partial charge in [0, 0.05) is 13.1 Å². The lowest BCUT2D eigenvalue weighted by Gasteiger charge is -2.20. The van der Waals surface area contributed by atoms with Gasteiger partial charge in [0.2, 0.25) is 0 Å². The Morgan fingerprint density at radius 1 is 0.750 bits per heavy atom. The van der Waals surface area contributed by atoms with Gasteiger partial charge < -0.3 is 4.74 Å². The molecule has 36 heavy (non-hydrogen) atoms. The largest absolute Gasteiger partial charge is 0.457 e. The summed E-state index contributed by atoms with van der Waals surface area (Å²) in [6.45, 7) is 5.83. The maximum absolute atomic E-state index is 13.5. The van der Waals surface area contributed by atoms with E-state index in [0.29, 0.717) is 24.8 Å². The smallest absolute Gasteiger partial charge is 0.339 e. The van der Waals surface area contributed by atoms with E-state index in [2.05, 4.69) is 0 Å². The first kappa shape index (κ1) is 25.2. The van der Waals surface area contributed by atoms with Crippen molar-refractivity contribution in [3.05, 3.63) is 91.6 Å². The Morgan fingerprint density at radius 2 is 1.22 bits per heavy atom. The molecule has 1 aromatic heterocycles. The van der Waals surface area contributed by atoms with Crippen LogP contribution in [0.1, 0.15) is 50.4 Å². The van der Waals surface area contributed by atoms with Crippen molar-refractivity contribution in [2.75, 3.05) is 0 Å². The minimum atomic E-state index is -0.733. The molecule has 1 heterocycles. The van der Waals surface area contributed by atoms with Crippen LogP contribution < -0.4 is 17.1 Å². The van der Waals surface area contributed by atoms with Crippen molar-refractivity contribution in [1.29, 1.82) is 0 Å². The van der Waals surface area contributed by atoms with Crippen molar-refractivity contribution in [1.82, 2.24) is 13.7 Å². The molecule has 0 aliphatic heterocycles. The zero-order chi connectivity index (χ0) is 25.8. The number of nitrogens with zero attached hydrogens (tertiary/aromatic N) is 3. The first-order chi connectivity index (χ1) is 17.4. The highest BCUT2D eigenvalue weighted by atomic mass is 16.5. The monoisotopic (exact) mass is 489 g/mol. The summed E-state index contributed by atoms with van der Waals surface area (Å²) < 4.78 is 9.11. The van der Waals surface area contributed by atoms with Crippen molar-refractivity contribution in [3.63, 3.8) is 0 Å². The van der Waals surface area contributed by atoms with E-state index < -0.39 is 29.1 Å². The second-order valence-electron chi connectivity index (χ2n) is 8.89. The number of fused-ring (bicyclic) bond motifs is 2. The molecule has 0 bridgehead atoms. The SMILES string of the molecule is CCCn1c(=O)n(CCC)c(=O)n(CC(CC)OC(=O)c2c3ccccc3cc3ccccc23)c1=O. The Bertz CT molecular complexity index is 1500. The number of carbonyl (C=O) groups is 1. The number of ether oxygens (including phenoxy) is 1. The molecule has 188 valence electrons. The molecule has 0 spiro atoms. The molecule has 1 unspecified atom stereocenters. The van der Waals surface area contributed by atoms with E-state index in [-0.39, 0.29) is 19.6 Å². The third kappa shape index (κ3) is 4.63. The molecule has 4 aromatic rings. The highest BCUT2D eigenvalue weighted by Gasteiger charge is 2.23. The summed E-state index contributed by atoms with van der Waals surface area (Å²) in [7, 11) is 0. The molecule has 0 radical (unpaired) electrons. The molecule has 0 saturated carbocycles. The molecule has 8 nitrogen and oxygen atoms in total. The zero-order valence-corrected chi connectivity index (χ0v) is 20.9. The average molecular weight is 490 g/mol. The van der Waals surface area contributed by atoms with Gasteiger partial charge in [-0.15, -0.1) is 0 Å². The van der Waals surface area contributed by atoms with E-state index in [4.69, 9.17) is 4.74 Å². The molecule has 0 aliphatic rings.